The quantitative estimate of drug-likeness (QED) is 0.717. The molecule has 3 heterocycles. The maximum Gasteiger partial charge on any atom is 0.414 e. The minimum Gasteiger partial charge on any atom is -0.442 e. The molecule has 32 heavy (non-hydrogen) atoms. The van der Waals surface area contributed by atoms with E-state index in [1.165, 1.54) is 18.1 Å². The number of hydrogen-bond donors (Lipinski definition) is 2. The van der Waals surface area contributed by atoms with Crippen LogP contribution in [0.1, 0.15) is 30.6 Å². The smallest absolute Gasteiger partial charge is 0.414 e. The number of aliphatic hydroxyl groups is 1. The summed E-state index contributed by atoms with van der Waals surface area (Å²) in [5.41, 5.74) is 6.66. The van der Waals surface area contributed by atoms with E-state index >= 15 is 0 Å². The second-order valence-electron chi connectivity index (χ2n) is 7.71. The monoisotopic (exact) mass is 448 g/mol. The number of nitrogens with two attached hydrogens (primary N) is 1. The summed E-state index contributed by atoms with van der Waals surface area (Å²) >= 11 is 0. The number of halogens is 2. The normalized spacial score (nSPS) is 20.7. The fourth-order valence-electron chi connectivity index (χ4n) is 3.85. The van der Waals surface area contributed by atoms with E-state index in [2.05, 4.69) is 5.16 Å². The number of rotatable bonds is 5. The minimum absolute atomic E-state index is 0.00548. The zero-order valence-electron chi connectivity index (χ0n) is 17.2. The fraction of sp³-hybridized carbons (Fsp3) is 0.381. The summed E-state index contributed by atoms with van der Waals surface area (Å²) < 4.78 is 39.8. The first-order chi connectivity index (χ1) is 15.3. The number of carbonyl (C=O) groups is 2. The zero-order valence-corrected chi connectivity index (χ0v) is 17.2. The molecular weight excluding hydrogens is 426 g/mol. The molecule has 0 aliphatic carbocycles. The van der Waals surface area contributed by atoms with Gasteiger partial charge >= 0.3 is 6.09 Å². The van der Waals surface area contributed by atoms with E-state index in [0.29, 0.717) is 11.3 Å². The zero-order chi connectivity index (χ0) is 23.0. The number of nitrogens with zero attached hydrogens (tertiary/aromatic N) is 3. The van der Waals surface area contributed by atoms with Crippen LogP contribution >= 0.6 is 0 Å². The van der Waals surface area contributed by atoms with Crippen LogP contribution in [-0.2, 0) is 9.53 Å². The van der Waals surface area contributed by atoms with Crippen molar-refractivity contribution >= 4 is 23.3 Å². The van der Waals surface area contributed by atoms with E-state index in [9.17, 15) is 23.5 Å². The molecule has 170 valence electrons. The average Bonchev–Trinajstić information content (AvgIpc) is 3.42. The van der Waals surface area contributed by atoms with Gasteiger partial charge in [0.1, 0.15) is 35.8 Å². The summed E-state index contributed by atoms with van der Waals surface area (Å²) in [5, 5.41) is 13.1. The van der Waals surface area contributed by atoms with Crippen molar-refractivity contribution in [2.24, 2.45) is 5.73 Å². The third-order valence-corrected chi connectivity index (χ3v) is 5.57. The van der Waals surface area contributed by atoms with Gasteiger partial charge in [-0.2, -0.15) is 0 Å². The summed E-state index contributed by atoms with van der Waals surface area (Å²) in [6, 6.07) is 2.93. The van der Waals surface area contributed by atoms with E-state index in [4.69, 9.17) is 15.0 Å². The van der Waals surface area contributed by atoms with Crippen LogP contribution in [0.3, 0.4) is 0 Å². The summed E-state index contributed by atoms with van der Waals surface area (Å²) in [7, 11) is 0. The van der Waals surface area contributed by atoms with Gasteiger partial charge in [-0.25, -0.2) is 13.6 Å². The Bertz CT molecular complexity index is 1030. The first-order valence-corrected chi connectivity index (χ1v) is 10.1. The Balaban J connectivity index is 1.52. The highest BCUT2D eigenvalue weighted by atomic mass is 19.1. The Morgan fingerprint density at radius 1 is 1.34 bits per heavy atom. The number of hydrogen-bond acceptors (Lipinski definition) is 7. The number of cyclic esters (lactones) is 1. The predicted octanol–water partition coefficient (Wildman–Crippen LogP) is 1.97. The van der Waals surface area contributed by atoms with Crippen molar-refractivity contribution in [3.8, 4) is 0 Å². The van der Waals surface area contributed by atoms with Gasteiger partial charge in [0.2, 0.25) is 0 Å². The third kappa shape index (κ3) is 4.08. The fourth-order valence-corrected chi connectivity index (χ4v) is 3.85. The van der Waals surface area contributed by atoms with Gasteiger partial charge in [-0.3, -0.25) is 9.69 Å². The SMILES string of the molecule is C[C@H](O)C(=O)N1CC=C(c2c(F)cc(N3CC(C(N)c4ccon4)OC3=O)cc2F)CC1. The molecule has 4 rings (SSSR count). The van der Waals surface area contributed by atoms with Gasteiger partial charge in [0.25, 0.3) is 5.91 Å². The Kier molecular flexibility index (Phi) is 5.94. The molecule has 2 aliphatic heterocycles. The predicted molar refractivity (Wildman–Crippen MR) is 108 cm³/mol. The number of anilines is 1. The highest BCUT2D eigenvalue weighted by molar-refractivity contribution is 5.90. The van der Waals surface area contributed by atoms with Crippen molar-refractivity contribution in [3.05, 3.63) is 53.4 Å². The Labute approximate surface area is 182 Å². The van der Waals surface area contributed by atoms with Crippen molar-refractivity contribution in [2.75, 3.05) is 24.5 Å². The first-order valence-electron chi connectivity index (χ1n) is 10.1. The van der Waals surface area contributed by atoms with Crippen LogP contribution in [0.4, 0.5) is 19.3 Å². The largest absolute Gasteiger partial charge is 0.442 e. The number of benzene rings is 1. The molecule has 9 nitrogen and oxygen atoms in total. The lowest BCUT2D eigenvalue weighted by Gasteiger charge is -2.28. The summed E-state index contributed by atoms with van der Waals surface area (Å²) in [6.07, 6.45) is 0.446. The van der Waals surface area contributed by atoms with Gasteiger partial charge in [-0.05, 0) is 31.1 Å². The van der Waals surface area contributed by atoms with Crippen LogP contribution in [0.25, 0.3) is 5.57 Å². The molecule has 1 aromatic heterocycles. The van der Waals surface area contributed by atoms with Crippen LogP contribution in [0, 0.1) is 11.6 Å². The summed E-state index contributed by atoms with van der Waals surface area (Å²) in [5.74, 6) is -2.11. The van der Waals surface area contributed by atoms with Gasteiger partial charge in [0.05, 0.1) is 18.3 Å². The van der Waals surface area contributed by atoms with Gasteiger partial charge in [-0.1, -0.05) is 11.2 Å². The second kappa shape index (κ2) is 8.67. The third-order valence-electron chi connectivity index (χ3n) is 5.57. The number of aliphatic hydroxyl groups excluding tert-OH is 1. The maximum absolute atomic E-state index is 14.9. The lowest BCUT2D eigenvalue weighted by atomic mass is 9.97. The molecule has 3 atom stereocenters. The Morgan fingerprint density at radius 3 is 2.62 bits per heavy atom. The molecule has 1 fully saturated rings. The molecule has 3 N–H and O–H groups in total. The number of carbonyl (C=O) groups excluding carboxylic acids is 2. The lowest BCUT2D eigenvalue weighted by molar-refractivity contribution is -0.138. The minimum atomic E-state index is -1.14. The molecule has 0 bridgehead atoms. The molecule has 1 aromatic carbocycles. The first kappa shape index (κ1) is 21.9. The van der Waals surface area contributed by atoms with E-state index in [1.54, 1.807) is 12.1 Å². The van der Waals surface area contributed by atoms with Crippen molar-refractivity contribution in [1.82, 2.24) is 10.1 Å². The molecule has 11 heteroatoms. The summed E-state index contributed by atoms with van der Waals surface area (Å²) in [4.78, 5) is 26.7. The number of ether oxygens (including phenoxy) is 1. The van der Waals surface area contributed by atoms with Crippen molar-refractivity contribution < 1.29 is 32.7 Å². The van der Waals surface area contributed by atoms with Crippen molar-refractivity contribution in [2.45, 2.75) is 31.6 Å². The molecule has 0 saturated carbocycles. The second-order valence-corrected chi connectivity index (χ2v) is 7.71. The highest BCUT2D eigenvalue weighted by Gasteiger charge is 2.38. The Hall–Kier alpha value is -3.31. The number of aromatic nitrogens is 1. The molecule has 2 unspecified atom stereocenters. The van der Waals surface area contributed by atoms with Gasteiger partial charge < -0.3 is 25.0 Å². The molecule has 2 aromatic rings. The topological polar surface area (TPSA) is 122 Å². The molecule has 0 radical (unpaired) electrons. The van der Waals surface area contributed by atoms with Crippen LogP contribution in [0.5, 0.6) is 0 Å². The molecule has 1 saturated heterocycles. The molecular formula is C21H22F2N4O5. The lowest BCUT2D eigenvalue weighted by Crippen LogP contribution is -2.40. The average molecular weight is 448 g/mol. The van der Waals surface area contributed by atoms with Gasteiger partial charge in [0, 0.05) is 24.7 Å². The summed E-state index contributed by atoms with van der Waals surface area (Å²) in [6.45, 7) is 1.73. The highest BCUT2D eigenvalue weighted by Crippen LogP contribution is 2.33. The maximum atomic E-state index is 14.9. The Morgan fingerprint density at radius 2 is 2.06 bits per heavy atom. The van der Waals surface area contributed by atoms with E-state index < -0.39 is 41.9 Å². The van der Waals surface area contributed by atoms with E-state index in [1.807, 2.05) is 0 Å². The standard InChI is InChI=1S/C21H22F2N4O5/c1-11(28)20(29)26-5-2-12(3-6-26)18-14(22)8-13(9-15(18)23)27-10-17(32-21(27)30)19(24)16-4-7-31-25-16/h2,4,7-9,11,17,19,28H,3,5-6,10,24H2,1H3/t11-,17?,19?/m0/s1. The van der Waals surface area contributed by atoms with Crippen molar-refractivity contribution in [3.63, 3.8) is 0 Å². The van der Waals surface area contributed by atoms with Gasteiger partial charge in [0.15, 0.2) is 0 Å². The van der Waals surface area contributed by atoms with E-state index in [-0.39, 0.29) is 37.3 Å². The van der Waals surface area contributed by atoms with E-state index in [0.717, 1.165) is 17.0 Å². The van der Waals surface area contributed by atoms with Gasteiger partial charge in [-0.15, -0.1) is 0 Å². The van der Waals surface area contributed by atoms with Crippen LogP contribution in [0.2, 0.25) is 0 Å². The molecule has 2 aliphatic rings. The van der Waals surface area contributed by atoms with Crippen LogP contribution in [-0.4, -0.2) is 59.0 Å². The van der Waals surface area contributed by atoms with Crippen LogP contribution < -0.4 is 10.6 Å². The van der Waals surface area contributed by atoms with Crippen LogP contribution in [0.15, 0.2) is 35.1 Å². The molecule has 0 spiro atoms. The van der Waals surface area contributed by atoms with Crippen molar-refractivity contribution in [1.29, 1.82) is 0 Å². The molecule has 2 amide bonds. The number of amides is 2.